The van der Waals surface area contributed by atoms with Gasteiger partial charge in [-0.05, 0) is 35.9 Å². The zero-order valence-electron chi connectivity index (χ0n) is 12.6. The van der Waals surface area contributed by atoms with Gasteiger partial charge in [0, 0.05) is 23.7 Å². The standard InChI is InChI=1S/C16H12ClF4NO2.ClH/c17-10-2-3-13(18)12(6-10)9-1-4-14(23-11-7-22-8-11)15(5-9)24-16(19,20)21;/h1-6,11,22H,7-8H2;1H. The SMILES string of the molecule is Cl.Fc1ccc(Cl)cc1-c1ccc(OC2CNC2)c(OC(F)(F)F)c1. The van der Waals surface area contributed by atoms with Crippen molar-refractivity contribution in [3.8, 4) is 22.6 Å². The Hall–Kier alpha value is -1.70. The fourth-order valence-corrected chi connectivity index (χ4v) is 2.39. The first kappa shape index (κ1) is 19.6. The second-order valence-electron chi connectivity index (χ2n) is 5.23. The molecule has 0 atom stereocenters. The molecule has 9 heteroatoms. The van der Waals surface area contributed by atoms with Crippen LogP contribution in [0, 0.1) is 5.82 Å². The minimum atomic E-state index is -4.89. The van der Waals surface area contributed by atoms with Gasteiger partial charge in [0.1, 0.15) is 11.9 Å². The number of ether oxygens (including phenoxy) is 2. The molecule has 1 N–H and O–H groups in total. The van der Waals surface area contributed by atoms with Crippen LogP contribution in [-0.2, 0) is 0 Å². The lowest BCUT2D eigenvalue weighted by molar-refractivity contribution is -0.275. The van der Waals surface area contributed by atoms with Crippen molar-refractivity contribution in [3.63, 3.8) is 0 Å². The second kappa shape index (κ2) is 7.68. The molecular weight excluding hydrogens is 385 g/mol. The first-order valence-corrected chi connectivity index (χ1v) is 7.42. The summed E-state index contributed by atoms with van der Waals surface area (Å²) in [5.41, 5.74) is 0.278. The molecular formula is C16H13Cl2F4NO2. The Kier molecular flexibility index (Phi) is 6.03. The van der Waals surface area contributed by atoms with Gasteiger partial charge in [0.05, 0.1) is 0 Å². The van der Waals surface area contributed by atoms with Gasteiger partial charge in [0.15, 0.2) is 11.5 Å². The minimum Gasteiger partial charge on any atom is -0.484 e. The second-order valence-corrected chi connectivity index (χ2v) is 5.67. The van der Waals surface area contributed by atoms with Crippen molar-refractivity contribution in [1.82, 2.24) is 5.32 Å². The number of hydrogen-bond acceptors (Lipinski definition) is 3. The molecule has 0 saturated carbocycles. The third-order valence-electron chi connectivity index (χ3n) is 3.45. The Morgan fingerprint density at radius 3 is 2.36 bits per heavy atom. The van der Waals surface area contributed by atoms with E-state index in [0.29, 0.717) is 13.1 Å². The summed E-state index contributed by atoms with van der Waals surface area (Å²) in [6, 6.07) is 7.71. The first-order valence-electron chi connectivity index (χ1n) is 7.04. The summed E-state index contributed by atoms with van der Waals surface area (Å²) in [6.45, 7) is 1.08. The molecule has 1 saturated heterocycles. The number of nitrogens with one attached hydrogen (secondary N) is 1. The van der Waals surface area contributed by atoms with Crippen molar-refractivity contribution >= 4 is 24.0 Å². The normalized spacial score (nSPS) is 14.4. The summed E-state index contributed by atoms with van der Waals surface area (Å²) in [7, 11) is 0. The predicted octanol–water partition coefficient (Wildman–Crippen LogP) is 4.82. The van der Waals surface area contributed by atoms with Crippen LogP contribution in [0.3, 0.4) is 0 Å². The molecule has 0 unspecified atom stereocenters. The van der Waals surface area contributed by atoms with E-state index in [2.05, 4.69) is 10.1 Å². The number of rotatable bonds is 4. The lowest BCUT2D eigenvalue weighted by atomic mass is 10.0. The molecule has 1 aliphatic heterocycles. The maximum absolute atomic E-state index is 13.9. The van der Waals surface area contributed by atoms with E-state index < -0.39 is 17.9 Å². The van der Waals surface area contributed by atoms with Gasteiger partial charge in [-0.25, -0.2) is 4.39 Å². The molecule has 136 valence electrons. The summed E-state index contributed by atoms with van der Waals surface area (Å²) in [5.74, 6) is -1.18. The highest BCUT2D eigenvalue weighted by Gasteiger charge is 2.33. The fraction of sp³-hybridized carbons (Fsp3) is 0.250. The van der Waals surface area contributed by atoms with Crippen molar-refractivity contribution < 1.29 is 27.0 Å². The van der Waals surface area contributed by atoms with E-state index in [1.807, 2.05) is 0 Å². The Morgan fingerprint density at radius 2 is 1.76 bits per heavy atom. The average Bonchev–Trinajstić information content (AvgIpc) is 2.45. The van der Waals surface area contributed by atoms with Crippen molar-refractivity contribution in [3.05, 3.63) is 47.2 Å². The molecule has 3 nitrogen and oxygen atoms in total. The van der Waals surface area contributed by atoms with E-state index in [1.165, 1.54) is 24.3 Å². The highest BCUT2D eigenvalue weighted by atomic mass is 35.5. The molecule has 0 aliphatic carbocycles. The predicted molar refractivity (Wildman–Crippen MR) is 88.1 cm³/mol. The number of benzene rings is 2. The van der Waals surface area contributed by atoms with Gasteiger partial charge in [0.25, 0.3) is 0 Å². The zero-order valence-corrected chi connectivity index (χ0v) is 14.1. The van der Waals surface area contributed by atoms with Gasteiger partial charge in [-0.3, -0.25) is 0 Å². The smallest absolute Gasteiger partial charge is 0.484 e. The summed E-state index contributed by atoms with van der Waals surface area (Å²) >= 11 is 5.83. The molecule has 25 heavy (non-hydrogen) atoms. The number of hydrogen-bond donors (Lipinski definition) is 1. The summed E-state index contributed by atoms with van der Waals surface area (Å²) in [4.78, 5) is 0. The lowest BCUT2D eigenvalue weighted by Gasteiger charge is -2.28. The van der Waals surface area contributed by atoms with Crippen LogP contribution in [0.2, 0.25) is 5.02 Å². The van der Waals surface area contributed by atoms with Crippen molar-refractivity contribution in [2.75, 3.05) is 13.1 Å². The molecule has 1 fully saturated rings. The Bertz CT molecular complexity index is 751. The molecule has 0 aromatic heterocycles. The maximum atomic E-state index is 13.9. The van der Waals surface area contributed by atoms with Crippen LogP contribution in [0.15, 0.2) is 36.4 Å². The molecule has 0 spiro atoms. The quantitative estimate of drug-likeness (QED) is 0.750. The van der Waals surface area contributed by atoms with Crippen molar-refractivity contribution in [2.24, 2.45) is 0 Å². The zero-order chi connectivity index (χ0) is 17.3. The molecule has 0 radical (unpaired) electrons. The van der Waals surface area contributed by atoms with Crippen molar-refractivity contribution in [2.45, 2.75) is 12.5 Å². The summed E-state index contributed by atoms with van der Waals surface area (Å²) in [5, 5.41) is 3.22. The van der Waals surface area contributed by atoms with Gasteiger partial charge in [0.2, 0.25) is 0 Å². The van der Waals surface area contributed by atoms with E-state index in [-0.39, 0.29) is 40.4 Å². The monoisotopic (exact) mass is 397 g/mol. The fourth-order valence-electron chi connectivity index (χ4n) is 2.22. The first-order chi connectivity index (χ1) is 11.3. The van der Waals surface area contributed by atoms with E-state index in [1.54, 1.807) is 0 Å². The van der Waals surface area contributed by atoms with Crippen LogP contribution in [0.5, 0.6) is 11.5 Å². The van der Waals surface area contributed by atoms with E-state index in [0.717, 1.165) is 12.1 Å². The van der Waals surface area contributed by atoms with E-state index >= 15 is 0 Å². The minimum absolute atomic E-state index is 0. The topological polar surface area (TPSA) is 30.5 Å². The molecule has 2 aromatic carbocycles. The Labute approximate surface area is 152 Å². The van der Waals surface area contributed by atoms with Crippen LogP contribution >= 0.6 is 24.0 Å². The number of alkyl halides is 3. The average molecular weight is 398 g/mol. The van der Waals surface area contributed by atoms with Gasteiger partial charge in [-0.15, -0.1) is 25.6 Å². The van der Waals surface area contributed by atoms with Gasteiger partial charge in [-0.2, -0.15) is 0 Å². The highest BCUT2D eigenvalue weighted by molar-refractivity contribution is 6.30. The van der Waals surface area contributed by atoms with Crippen LogP contribution < -0.4 is 14.8 Å². The molecule has 1 aliphatic rings. The maximum Gasteiger partial charge on any atom is 0.573 e. The summed E-state index contributed by atoms with van der Waals surface area (Å²) in [6.07, 6.45) is -5.11. The van der Waals surface area contributed by atoms with Gasteiger partial charge < -0.3 is 14.8 Å². The molecule has 3 rings (SSSR count). The van der Waals surface area contributed by atoms with Crippen LogP contribution in [0.4, 0.5) is 17.6 Å². The van der Waals surface area contributed by atoms with E-state index in [4.69, 9.17) is 16.3 Å². The van der Waals surface area contributed by atoms with Gasteiger partial charge in [-0.1, -0.05) is 17.7 Å². The van der Waals surface area contributed by atoms with Crippen LogP contribution in [0.1, 0.15) is 0 Å². The lowest BCUT2D eigenvalue weighted by Crippen LogP contribution is -2.50. The number of halogens is 6. The third-order valence-corrected chi connectivity index (χ3v) is 3.68. The molecule has 1 heterocycles. The third kappa shape index (κ3) is 4.90. The molecule has 0 amide bonds. The Morgan fingerprint density at radius 1 is 1.04 bits per heavy atom. The highest BCUT2D eigenvalue weighted by Crippen LogP contribution is 2.38. The molecule has 2 aromatic rings. The van der Waals surface area contributed by atoms with Crippen molar-refractivity contribution in [1.29, 1.82) is 0 Å². The largest absolute Gasteiger partial charge is 0.573 e. The van der Waals surface area contributed by atoms with Gasteiger partial charge >= 0.3 is 6.36 Å². The van der Waals surface area contributed by atoms with E-state index in [9.17, 15) is 17.6 Å². The Balaban J connectivity index is 0.00000225. The van der Waals surface area contributed by atoms with Crippen LogP contribution in [0.25, 0.3) is 11.1 Å². The summed E-state index contributed by atoms with van der Waals surface area (Å²) < 4.78 is 61.4. The molecule has 0 bridgehead atoms. The van der Waals surface area contributed by atoms with Crippen LogP contribution in [-0.4, -0.2) is 25.6 Å².